The van der Waals surface area contributed by atoms with Gasteiger partial charge < -0.3 is 10.1 Å². The summed E-state index contributed by atoms with van der Waals surface area (Å²) >= 11 is 5.62. The van der Waals surface area contributed by atoms with Crippen molar-refractivity contribution in [2.75, 3.05) is 11.9 Å². The van der Waals surface area contributed by atoms with Crippen LogP contribution >= 0.6 is 11.6 Å². The molecule has 0 aliphatic heterocycles. The van der Waals surface area contributed by atoms with Crippen molar-refractivity contribution < 1.29 is 18.7 Å². The maximum absolute atomic E-state index is 13.1. The van der Waals surface area contributed by atoms with Crippen molar-refractivity contribution in [1.29, 1.82) is 0 Å². The number of nitrogens with one attached hydrogen (secondary N) is 2. The smallest absolute Gasteiger partial charge is 0.359 e. The molecule has 26 heavy (non-hydrogen) atoms. The first kappa shape index (κ1) is 17.6. The summed E-state index contributed by atoms with van der Waals surface area (Å²) in [5.41, 5.74) is -0.300. The molecular weight excluding hydrogens is 365 g/mol. The number of esters is 1. The van der Waals surface area contributed by atoms with Gasteiger partial charge in [0.1, 0.15) is 5.82 Å². The largest absolute Gasteiger partial charge is 0.451 e. The van der Waals surface area contributed by atoms with Crippen molar-refractivity contribution in [3.8, 4) is 0 Å². The van der Waals surface area contributed by atoms with Gasteiger partial charge in [-0.15, -0.1) is 0 Å². The molecule has 1 heterocycles. The molecule has 9 heteroatoms. The normalized spacial score (nSPS) is 10.5. The van der Waals surface area contributed by atoms with Gasteiger partial charge in [-0.1, -0.05) is 29.8 Å². The summed E-state index contributed by atoms with van der Waals surface area (Å²) in [6, 6.07) is 10.0. The maximum Gasteiger partial charge on any atom is 0.359 e. The Labute approximate surface area is 150 Å². The molecule has 3 aromatic rings. The zero-order valence-corrected chi connectivity index (χ0v) is 13.8. The molecule has 0 saturated heterocycles. The SMILES string of the molecule is O=C(COC(=O)c1n[nH]c(=O)c2ccccc12)Nc1ccc(F)c(Cl)c1. The molecule has 0 aliphatic carbocycles. The van der Waals surface area contributed by atoms with E-state index in [0.717, 1.165) is 6.07 Å². The van der Waals surface area contributed by atoms with Crippen LogP contribution in [0, 0.1) is 5.82 Å². The van der Waals surface area contributed by atoms with E-state index >= 15 is 0 Å². The van der Waals surface area contributed by atoms with Gasteiger partial charge in [-0.2, -0.15) is 5.10 Å². The lowest BCUT2D eigenvalue weighted by molar-refractivity contribution is -0.119. The number of fused-ring (bicyclic) bond motifs is 1. The maximum atomic E-state index is 13.1. The van der Waals surface area contributed by atoms with Crippen LogP contribution in [0.5, 0.6) is 0 Å². The van der Waals surface area contributed by atoms with Gasteiger partial charge in [0.2, 0.25) is 0 Å². The zero-order valence-electron chi connectivity index (χ0n) is 13.1. The minimum Gasteiger partial charge on any atom is -0.451 e. The Morgan fingerprint density at radius 3 is 2.65 bits per heavy atom. The Balaban J connectivity index is 1.69. The molecule has 1 amide bonds. The van der Waals surface area contributed by atoms with E-state index in [-0.39, 0.29) is 21.8 Å². The van der Waals surface area contributed by atoms with Crippen molar-refractivity contribution in [2.24, 2.45) is 0 Å². The van der Waals surface area contributed by atoms with Crippen LogP contribution in [-0.2, 0) is 9.53 Å². The fraction of sp³-hybridized carbons (Fsp3) is 0.0588. The molecule has 0 fully saturated rings. The monoisotopic (exact) mass is 375 g/mol. The summed E-state index contributed by atoms with van der Waals surface area (Å²) < 4.78 is 18.0. The second kappa shape index (κ2) is 7.32. The molecule has 7 nitrogen and oxygen atoms in total. The molecule has 3 rings (SSSR count). The highest BCUT2D eigenvalue weighted by molar-refractivity contribution is 6.31. The standard InChI is InChI=1S/C17H11ClFN3O4/c18-12-7-9(5-6-13(12)19)20-14(23)8-26-17(25)15-10-3-1-2-4-11(10)16(24)22-21-15/h1-7H,8H2,(H,20,23)(H,22,24). The number of amides is 1. The van der Waals surface area contributed by atoms with E-state index in [2.05, 4.69) is 15.5 Å². The predicted octanol–water partition coefficient (Wildman–Crippen LogP) is 2.51. The van der Waals surface area contributed by atoms with Crippen molar-refractivity contribution in [3.05, 3.63) is 69.4 Å². The van der Waals surface area contributed by atoms with Gasteiger partial charge in [0, 0.05) is 11.1 Å². The lowest BCUT2D eigenvalue weighted by Crippen LogP contribution is -2.22. The zero-order chi connectivity index (χ0) is 18.7. The van der Waals surface area contributed by atoms with E-state index in [9.17, 15) is 18.8 Å². The van der Waals surface area contributed by atoms with Gasteiger partial charge in [0.15, 0.2) is 12.3 Å². The van der Waals surface area contributed by atoms with Crippen LogP contribution in [0.3, 0.4) is 0 Å². The average molecular weight is 376 g/mol. The highest BCUT2D eigenvalue weighted by atomic mass is 35.5. The molecular formula is C17H11ClFN3O4. The average Bonchev–Trinajstić information content (AvgIpc) is 2.63. The molecule has 0 unspecified atom stereocenters. The van der Waals surface area contributed by atoms with Gasteiger partial charge >= 0.3 is 5.97 Å². The molecule has 0 bridgehead atoms. The van der Waals surface area contributed by atoms with Gasteiger partial charge in [0.05, 0.1) is 10.4 Å². The fourth-order valence-corrected chi connectivity index (χ4v) is 2.42. The van der Waals surface area contributed by atoms with Crippen molar-refractivity contribution in [2.45, 2.75) is 0 Å². The first-order valence-electron chi connectivity index (χ1n) is 7.35. The molecule has 0 radical (unpaired) electrons. The first-order chi connectivity index (χ1) is 12.5. The minimum absolute atomic E-state index is 0.113. The number of aromatic nitrogens is 2. The van der Waals surface area contributed by atoms with E-state index in [4.69, 9.17) is 16.3 Å². The van der Waals surface area contributed by atoms with Crippen molar-refractivity contribution >= 4 is 39.9 Å². The number of nitrogens with zero attached hydrogens (tertiary/aromatic N) is 1. The van der Waals surface area contributed by atoms with Gasteiger partial charge in [-0.05, 0) is 24.3 Å². The molecule has 2 aromatic carbocycles. The molecule has 1 aromatic heterocycles. The Morgan fingerprint density at radius 2 is 1.92 bits per heavy atom. The lowest BCUT2D eigenvalue weighted by Gasteiger charge is -2.08. The number of carbonyl (C=O) groups is 2. The Hall–Kier alpha value is -3.26. The predicted molar refractivity (Wildman–Crippen MR) is 92.7 cm³/mol. The second-order valence-corrected chi connectivity index (χ2v) is 5.61. The summed E-state index contributed by atoms with van der Waals surface area (Å²) in [6.07, 6.45) is 0. The second-order valence-electron chi connectivity index (χ2n) is 5.20. The summed E-state index contributed by atoms with van der Waals surface area (Å²) in [5, 5.41) is 8.75. The Kier molecular flexibility index (Phi) is 4.94. The molecule has 0 spiro atoms. The molecule has 2 N–H and O–H groups in total. The summed E-state index contributed by atoms with van der Waals surface area (Å²) in [7, 11) is 0. The Bertz CT molecular complexity index is 1070. The molecule has 132 valence electrons. The number of rotatable bonds is 4. The quantitative estimate of drug-likeness (QED) is 0.682. The van der Waals surface area contributed by atoms with Crippen LogP contribution < -0.4 is 10.9 Å². The van der Waals surface area contributed by atoms with Crippen LogP contribution in [0.2, 0.25) is 5.02 Å². The third-order valence-corrected chi connectivity index (χ3v) is 3.72. The van der Waals surface area contributed by atoms with Crippen LogP contribution in [-0.4, -0.2) is 28.7 Å². The third kappa shape index (κ3) is 3.70. The highest BCUT2D eigenvalue weighted by Gasteiger charge is 2.17. The van der Waals surface area contributed by atoms with Gasteiger partial charge in [-0.25, -0.2) is 14.3 Å². The van der Waals surface area contributed by atoms with E-state index in [0.29, 0.717) is 5.39 Å². The Morgan fingerprint density at radius 1 is 1.19 bits per heavy atom. The summed E-state index contributed by atoms with van der Waals surface area (Å²) in [5.74, 6) is -2.13. The number of carbonyl (C=O) groups excluding carboxylic acids is 2. The number of benzene rings is 2. The summed E-state index contributed by atoms with van der Waals surface area (Å²) in [6.45, 7) is -0.594. The van der Waals surface area contributed by atoms with Gasteiger partial charge in [-0.3, -0.25) is 9.59 Å². The third-order valence-electron chi connectivity index (χ3n) is 3.43. The first-order valence-corrected chi connectivity index (χ1v) is 7.73. The lowest BCUT2D eigenvalue weighted by atomic mass is 10.1. The highest BCUT2D eigenvalue weighted by Crippen LogP contribution is 2.19. The fourth-order valence-electron chi connectivity index (χ4n) is 2.24. The van der Waals surface area contributed by atoms with E-state index in [1.807, 2.05) is 0 Å². The van der Waals surface area contributed by atoms with Crippen molar-refractivity contribution in [1.82, 2.24) is 10.2 Å². The van der Waals surface area contributed by atoms with E-state index in [1.165, 1.54) is 18.2 Å². The van der Waals surface area contributed by atoms with Gasteiger partial charge in [0.25, 0.3) is 11.5 Å². The van der Waals surface area contributed by atoms with Crippen LogP contribution in [0.15, 0.2) is 47.3 Å². The van der Waals surface area contributed by atoms with Crippen LogP contribution in [0.25, 0.3) is 10.8 Å². The molecule has 0 saturated carbocycles. The molecule has 0 atom stereocenters. The summed E-state index contributed by atoms with van der Waals surface area (Å²) in [4.78, 5) is 35.7. The van der Waals surface area contributed by atoms with E-state index in [1.54, 1.807) is 18.2 Å². The van der Waals surface area contributed by atoms with Crippen LogP contribution in [0.1, 0.15) is 10.5 Å². The topological polar surface area (TPSA) is 101 Å². The van der Waals surface area contributed by atoms with Crippen LogP contribution in [0.4, 0.5) is 10.1 Å². The number of aromatic amines is 1. The molecule has 0 aliphatic rings. The number of halogens is 2. The number of H-pyrrole nitrogens is 1. The van der Waals surface area contributed by atoms with E-state index < -0.39 is 29.9 Å². The number of hydrogen-bond donors (Lipinski definition) is 2. The number of hydrogen-bond acceptors (Lipinski definition) is 5. The minimum atomic E-state index is -0.871. The number of ether oxygens (including phenoxy) is 1. The number of anilines is 1. The van der Waals surface area contributed by atoms with Crippen molar-refractivity contribution in [3.63, 3.8) is 0 Å².